The molecule has 0 bridgehead atoms. The molecule has 5 heteroatoms. The summed E-state index contributed by atoms with van der Waals surface area (Å²) in [5.74, 6) is 0.984. The second kappa shape index (κ2) is 9.31. The maximum absolute atomic E-state index is 12.9. The number of carbonyl (C=O) groups is 1. The van der Waals surface area contributed by atoms with Gasteiger partial charge in [0.05, 0.1) is 12.5 Å². The first-order valence-electron chi connectivity index (χ1n) is 10.7. The molecule has 31 heavy (non-hydrogen) atoms. The molecule has 3 aromatic rings. The Bertz CT molecular complexity index is 1020. The number of benzene rings is 2. The van der Waals surface area contributed by atoms with E-state index in [1.165, 1.54) is 11.1 Å². The molecule has 1 saturated heterocycles. The Balaban J connectivity index is 1.51. The zero-order valence-corrected chi connectivity index (χ0v) is 18.2. The van der Waals surface area contributed by atoms with Crippen LogP contribution in [0.4, 0.5) is 0 Å². The van der Waals surface area contributed by atoms with E-state index in [0.29, 0.717) is 0 Å². The molecule has 2 aromatic carbocycles. The molecule has 0 aliphatic carbocycles. The minimum Gasteiger partial charge on any atom is -0.496 e. The quantitative estimate of drug-likeness (QED) is 0.635. The van der Waals surface area contributed by atoms with Crippen molar-refractivity contribution in [1.29, 1.82) is 0 Å². The van der Waals surface area contributed by atoms with Crippen molar-refractivity contribution < 1.29 is 9.53 Å². The van der Waals surface area contributed by atoms with Crippen molar-refractivity contribution >= 4 is 5.91 Å². The zero-order valence-electron chi connectivity index (χ0n) is 18.2. The van der Waals surface area contributed by atoms with Crippen molar-refractivity contribution in [2.75, 3.05) is 27.2 Å². The number of hydrogen-bond donors (Lipinski definition) is 1. The van der Waals surface area contributed by atoms with E-state index in [0.717, 1.165) is 49.4 Å². The number of pyridine rings is 1. The maximum atomic E-state index is 12.9. The number of methoxy groups -OCH3 is 1. The maximum Gasteiger partial charge on any atom is 0.227 e. The molecule has 0 saturated carbocycles. The summed E-state index contributed by atoms with van der Waals surface area (Å²) in [6.07, 6.45) is 5.22. The van der Waals surface area contributed by atoms with E-state index >= 15 is 0 Å². The summed E-state index contributed by atoms with van der Waals surface area (Å²) in [4.78, 5) is 19.4. The summed E-state index contributed by atoms with van der Waals surface area (Å²) in [7, 11) is 3.43. The fourth-order valence-corrected chi connectivity index (χ4v) is 4.59. The third-order valence-corrected chi connectivity index (χ3v) is 6.21. The van der Waals surface area contributed by atoms with Crippen molar-refractivity contribution in [3.63, 3.8) is 0 Å². The molecule has 1 aliphatic rings. The van der Waals surface area contributed by atoms with E-state index in [9.17, 15) is 4.79 Å². The summed E-state index contributed by atoms with van der Waals surface area (Å²) in [5.41, 5.74) is 4.17. The highest BCUT2D eigenvalue weighted by molar-refractivity contribution is 5.83. The molecule has 0 radical (unpaired) electrons. The summed E-state index contributed by atoms with van der Waals surface area (Å²) in [6.45, 7) is 2.51. The second-order valence-corrected chi connectivity index (χ2v) is 8.25. The molecule has 1 fully saturated rings. The first kappa shape index (κ1) is 21.1. The number of amides is 1. The Labute approximate surface area is 184 Å². The Morgan fingerprint density at radius 2 is 1.81 bits per heavy atom. The molecule has 2 heterocycles. The number of rotatable bonds is 7. The van der Waals surface area contributed by atoms with Gasteiger partial charge in [0, 0.05) is 38.1 Å². The number of aromatic nitrogens is 1. The third kappa shape index (κ3) is 4.62. The minimum atomic E-state index is -0.409. The minimum absolute atomic E-state index is 0.124. The highest BCUT2D eigenvalue weighted by atomic mass is 16.5. The van der Waals surface area contributed by atoms with Crippen LogP contribution in [0.1, 0.15) is 17.5 Å². The molecular formula is C26H29N3O2. The van der Waals surface area contributed by atoms with Gasteiger partial charge in [0.2, 0.25) is 5.91 Å². The lowest BCUT2D eigenvalue weighted by molar-refractivity contribution is -0.130. The Morgan fingerprint density at radius 3 is 2.52 bits per heavy atom. The molecule has 160 valence electrons. The normalized spacial score (nSPS) is 18.6. The Kier molecular flexibility index (Phi) is 6.33. The number of para-hydroxylation sites is 1. The van der Waals surface area contributed by atoms with Crippen LogP contribution >= 0.6 is 0 Å². The lowest BCUT2D eigenvalue weighted by Crippen LogP contribution is -2.43. The van der Waals surface area contributed by atoms with E-state index in [1.54, 1.807) is 14.2 Å². The van der Waals surface area contributed by atoms with Gasteiger partial charge >= 0.3 is 0 Å². The van der Waals surface area contributed by atoms with Gasteiger partial charge in [-0.3, -0.25) is 14.7 Å². The number of hydrogen-bond acceptors (Lipinski definition) is 4. The topological polar surface area (TPSA) is 54.5 Å². The SMILES string of the molecule is CNC(=O)C1(Cc2ccc(-c3ccccc3OC)cc2)CCN(Cc2ccncc2)C1. The van der Waals surface area contributed by atoms with Gasteiger partial charge < -0.3 is 10.1 Å². The molecule has 1 amide bonds. The first-order valence-corrected chi connectivity index (χ1v) is 10.7. The van der Waals surface area contributed by atoms with Crippen molar-refractivity contribution in [3.8, 4) is 16.9 Å². The molecule has 4 rings (SSSR count). The van der Waals surface area contributed by atoms with Crippen LogP contribution < -0.4 is 10.1 Å². The fraction of sp³-hybridized carbons (Fsp3) is 0.308. The van der Waals surface area contributed by atoms with Crippen LogP contribution in [0.3, 0.4) is 0 Å². The van der Waals surface area contributed by atoms with Crippen LogP contribution in [-0.4, -0.2) is 43.0 Å². The molecule has 0 spiro atoms. The summed E-state index contributed by atoms with van der Waals surface area (Å²) >= 11 is 0. The smallest absolute Gasteiger partial charge is 0.227 e. The number of carbonyl (C=O) groups excluding carboxylic acids is 1. The van der Waals surface area contributed by atoms with Crippen LogP contribution in [0, 0.1) is 5.41 Å². The van der Waals surface area contributed by atoms with Gasteiger partial charge in [-0.25, -0.2) is 0 Å². The monoisotopic (exact) mass is 415 g/mol. The molecule has 1 atom stereocenters. The summed E-state index contributed by atoms with van der Waals surface area (Å²) < 4.78 is 5.50. The van der Waals surface area contributed by atoms with Gasteiger partial charge in [-0.1, -0.05) is 42.5 Å². The van der Waals surface area contributed by atoms with Gasteiger partial charge in [-0.15, -0.1) is 0 Å². The number of nitrogens with zero attached hydrogens (tertiary/aromatic N) is 2. The second-order valence-electron chi connectivity index (χ2n) is 8.25. The van der Waals surface area contributed by atoms with Gasteiger partial charge in [0.25, 0.3) is 0 Å². The lowest BCUT2D eigenvalue weighted by Gasteiger charge is -2.28. The van der Waals surface area contributed by atoms with E-state index in [4.69, 9.17) is 4.74 Å². The average Bonchev–Trinajstić information content (AvgIpc) is 3.23. The number of likely N-dealkylation sites (tertiary alicyclic amines) is 1. The highest BCUT2D eigenvalue weighted by Crippen LogP contribution is 2.36. The van der Waals surface area contributed by atoms with Crippen molar-refractivity contribution in [1.82, 2.24) is 15.2 Å². The van der Waals surface area contributed by atoms with Crippen LogP contribution in [0.5, 0.6) is 5.75 Å². The predicted molar refractivity (Wildman–Crippen MR) is 123 cm³/mol. The molecule has 1 N–H and O–H groups in total. The van der Waals surface area contributed by atoms with Crippen LogP contribution in [-0.2, 0) is 17.8 Å². The van der Waals surface area contributed by atoms with Gasteiger partial charge in [-0.2, -0.15) is 0 Å². The van der Waals surface area contributed by atoms with Crippen molar-refractivity contribution in [2.24, 2.45) is 5.41 Å². The van der Waals surface area contributed by atoms with Crippen LogP contribution in [0.15, 0.2) is 73.1 Å². The standard InChI is InChI=1S/C26H29N3O2/c1-27-25(30)26(13-16-29(19-26)18-21-11-14-28-15-12-21)17-20-7-9-22(10-8-20)23-5-3-4-6-24(23)31-2/h3-12,14-15H,13,16-19H2,1-2H3,(H,27,30). The molecule has 1 unspecified atom stereocenters. The van der Waals surface area contributed by atoms with Crippen LogP contribution in [0.25, 0.3) is 11.1 Å². The first-order chi connectivity index (χ1) is 15.1. The zero-order chi connectivity index (χ0) is 21.7. The average molecular weight is 416 g/mol. The third-order valence-electron chi connectivity index (χ3n) is 6.21. The van der Waals surface area contributed by atoms with E-state index in [1.807, 2.05) is 42.7 Å². The molecular weight excluding hydrogens is 386 g/mol. The summed E-state index contributed by atoms with van der Waals surface area (Å²) in [6, 6.07) is 20.6. The van der Waals surface area contributed by atoms with E-state index in [-0.39, 0.29) is 5.91 Å². The molecule has 1 aliphatic heterocycles. The van der Waals surface area contributed by atoms with Gasteiger partial charge in [0.1, 0.15) is 5.75 Å². The van der Waals surface area contributed by atoms with Crippen molar-refractivity contribution in [2.45, 2.75) is 19.4 Å². The molecule has 5 nitrogen and oxygen atoms in total. The molecule has 1 aromatic heterocycles. The van der Waals surface area contributed by atoms with Gasteiger partial charge in [-0.05, 0) is 54.3 Å². The Hall–Kier alpha value is -3.18. The van der Waals surface area contributed by atoms with Crippen LogP contribution in [0.2, 0.25) is 0 Å². The highest BCUT2D eigenvalue weighted by Gasteiger charge is 2.44. The predicted octanol–water partition coefficient (Wildman–Crippen LogP) is 3.94. The van der Waals surface area contributed by atoms with E-state index in [2.05, 4.69) is 45.5 Å². The van der Waals surface area contributed by atoms with Gasteiger partial charge in [0.15, 0.2) is 0 Å². The fourth-order valence-electron chi connectivity index (χ4n) is 4.59. The Morgan fingerprint density at radius 1 is 1.06 bits per heavy atom. The van der Waals surface area contributed by atoms with Crippen molar-refractivity contribution in [3.05, 3.63) is 84.2 Å². The van der Waals surface area contributed by atoms with E-state index < -0.39 is 5.41 Å². The summed E-state index contributed by atoms with van der Waals surface area (Å²) in [5, 5.41) is 2.91. The lowest BCUT2D eigenvalue weighted by atomic mass is 9.79. The largest absolute Gasteiger partial charge is 0.496 e. The number of ether oxygens (including phenoxy) is 1. The number of nitrogens with one attached hydrogen (secondary N) is 1.